The fraction of sp³-hybridized carbons (Fsp3) is 0.438. The quantitative estimate of drug-likeness (QED) is 0.864. The van der Waals surface area contributed by atoms with Crippen LogP contribution in [0, 0.1) is 12.8 Å². The zero-order valence-corrected chi connectivity index (χ0v) is 15.1. The Morgan fingerprint density at radius 2 is 1.96 bits per heavy atom. The summed E-state index contributed by atoms with van der Waals surface area (Å²) in [5, 5.41) is 7.92. The summed E-state index contributed by atoms with van der Waals surface area (Å²) in [5.74, 6) is 1.70. The lowest BCUT2D eigenvalue weighted by Gasteiger charge is -2.16. The molecule has 3 rings (SSSR count). The van der Waals surface area contributed by atoms with Gasteiger partial charge in [-0.15, -0.1) is 0 Å². The third-order valence-electron chi connectivity index (χ3n) is 4.12. The van der Waals surface area contributed by atoms with Gasteiger partial charge in [0.2, 0.25) is 5.82 Å². The van der Waals surface area contributed by atoms with Gasteiger partial charge in [-0.2, -0.15) is 5.10 Å². The van der Waals surface area contributed by atoms with Gasteiger partial charge in [0.25, 0.3) is 0 Å². The van der Waals surface area contributed by atoms with E-state index in [-0.39, 0.29) is 17.4 Å². The molecule has 0 amide bonds. The van der Waals surface area contributed by atoms with Crippen LogP contribution >= 0.6 is 23.2 Å². The Kier molecular flexibility index (Phi) is 4.69. The van der Waals surface area contributed by atoms with E-state index < -0.39 is 0 Å². The largest absolute Gasteiger partial charge is 0.497 e. The number of benzene rings is 1. The van der Waals surface area contributed by atoms with Gasteiger partial charge in [0.15, 0.2) is 0 Å². The van der Waals surface area contributed by atoms with Crippen LogP contribution in [-0.4, -0.2) is 21.9 Å². The number of aryl methyl sites for hydroxylation is 1. The average Bonchev–Trinajstić information content (AvgIpc) is 3.37. The topological polar surface area (TPSA) is 69.0 Å². The Labute approximate surface area is 149 Å². The molecule has 6 nitrogen and oxygen atoms in total. The minimum absolute atomic E-state index is 0.0431. The van der Waals surface area contributed by atoms with Crippen LogP contribution in [0.25, 0.3) is 0 Å². The van der Waals surface area contributed by atoms with Crippen LogP contribution in [0.1, 0.15) is 31.6 Å². The minimum atomic E-state index is -0.289. The second-order valence-electron chi connectivity index (χ2n) is 5.93. The van der Waals surface area contributed by atoms with Crippen molar-refractivity contribution in [2.75, 3.05) is 12.4 Å². The third-order valence-corrected chi connectivity index (χ3v) is 4.72. The van der Waals surface area contributed by atoms with Crippen molar-refractivity contribution < 1.29 is 4.74 Å². The van der Waals surface area contributed by atoms with Crippen LogP contribution in [0.3, 0.4) is 0 Å². The molecule has 8 heteroatoms. The second-order valence-corrected chi connectivity index (χ2v) is 6.74. The van der Waals surface area contributed by atoms with Gasteiger partial charge in [-0.3, -0.25) is 4.79 Å². The number of rotatable bonds is 5. The summed E-state index contributed by atoms with van der Waals surface area (Å²) >= 11 is 12.5. The molecule has 1 aliphatic carbocycles. The Bertz CT molecular complexity index is 810. The molecule has 24 heavy (non-hydrogen) atoms. The van der Waals surface area contributed by atoms with Gasteiger partial charge in [-0.05, 0) is 32.6 Å². The summed E-state index contributed by atoms with van der Waals surface area (Å²) in [6, 6.07) is 3.28. The van der Waals surface area contributed by atoms with Crippen LogP contribution in [-0.2, 0) is 0 Å². The van der Waals surface area contributed by atoms with E-state index in [1.54, 1.807) is 19.1 Å². The Morgan fingerprint density at radius 1 is 1.33 bits per heavy atom. The predicted molar refractivity (Wildman–Crippen MR) is 94.8 cm³/mol. The third kappa shape index (κ3) is 3.35. The number of halogens is 2. The van der Waals surface area contributed by atoms with E-state index >= 15 is 0 Å². The minimum Gasteiger partial charge on any atom is -0.497 e. The molecule has 0 radical (unpaired) electrons. The Hall–Kier alpha value is -1.79. The maximum absolute atomic E-state index is 12.7. The van der Waals surface area contributed by atoms with Gasteiger partial charge in [-0.1, -0.05) is 23.2 Å². The SMILES string of the molecule is COc1cc(Cl)c(Nc2nc(C)nn([C@H](C)C3CC3)c2=O)c(Cl)c1. The number of nitrogens with zero attached hydrogens (tertiary/aromatic N) is 3. The first-order chi connectivity index (χ1) is 11.4. The summed E-state index contributed by atoms with van der Waals surface area (Å²) in [6.07, 6.45) is 2.24. The van der Waals surface area contributed by atoms with Crippen LogP contribution in [0.4, 0.5) is 11.5 Å². The molecule has 0 spiro atoms. The van der Waals surface area contributed by atoms with Crippen molar-refractivity contribution in [2.45, 2.75) is 32.7 Å². The molecule has 0 aliphatic heterocycles. The van der Waals surface area contributed by atoms with E-state index in [9.17, 15) is 4.79 Å². The smallest absolute Gasteiger partial charge is 0.310 e. The van der Waals surface area contributed by atoms with Crippen LogP contribution in [0.5, 0.6) is 5.75 Å². The zero-order chi connectivity index (χ0) is 17.4. The molecule has 1 N–H and O–H groups in total. The summed E-state index contributed by atoms with van der Waals surface area (Å²) in [4.78, 5) is 16.9. The molecule has 1 aliphatic rings. The maximum Gasteiger partial charge on any atom is 0.310 e. The molecule has 128 valence electrons. The monoisotopic (exact) mass is 368 g/mol. The van der Waals surface area contributed by atoms with Gasteiger partial charge >= 0.3 is 5.56 Å². The van der Waals surface area contributed by atoms with Crippen LogP contribution < -0.4 is 15.6 Å². The molecule has 2 aromatic rings. The number of hydrogen-bond acceptors (Lipinski definition) is 5. The van der Waals surface area contributed by atoms with E-state index in [4.69, 9.17) is 27.9 Å². The number of methoxy groups -OCH3 is 1. The van der Waals surface area contributed by atoms with Gasteiger partial charge < -0.3 is 10.1 Å². The Balaban J connectivity index is 2.00. The number of nitrogens with one attached hydrogen (secondary N) is 1. The number of ether oxygens (including phenoxy) is 1. The highest BCUT2D eigenvalue weighted by Crippen LogP contribution is 2.39. The summed E-state index contributed by atoms with van der Waals surface area (Å²) in [7, 11) is 1.53. The summed E-state index contributed by atoms with van der Waals surface area (Å²) in [6.45, 7) is 3.75. The van der Waals surface area contributed by atoms with E-state index in [2.05, 4.69) is 15.4 Å². The fourth-order valence-electron chi connectivity index (χ4n) is 2.58. The van der Waals surface area contributed by atoms with Crippen molar-refractivity contribution in [3.63, 3.8) is 0 Å². The van der Waals surface area contributed by atoms with Gasteiger partial charge in [0.1, 0.15) is 11.6 Å². The normalized spacial score (nSPS) is 15.2. The van der Waals surface area contributed by atoms with E-state index in [0.29, 0.717) is 33.2 Å². The van der Waals surface area contributed by atoms with Crippen molar-refractivity contribution in [1.29, 1.82) is 0 Å². The molecule has 0 bridgehead atoms. The van der Waals surface area contributed by atoms with Crippen molar-refractivity contribution in [3.8, 4) is 5.75 Å². The van der Waals surface area contributed by atoms with Crippen molar-refractivity contribution in [2.24, 2.45) is 5.92 Å². The van der Waals surface area contributed by atoms with Crippen LogP contribution in [0.2, 0.25) is 10.0 Å². The highest BCUT2D eigenvalue weighted by atomic mass is 35.5. The maximum atomic E-state index is 12.7. The molecule has 1 saturated carbocycles. The first-order valence-corrected chi connectivity index (χ1v) is 8.43. The van der Waals surface area contributed by atoms with Gasteiger partial charge in [0, 0.05) is 12.1 Å². The lowest BCUT2D eigenvalue weighted by Crippen LogP contribution is -2.30. The average molecular weight is 369 g/mol. The lowest BCUT2D eigenvalue weighted by molar-refractivity contribution is 0.413. The highest BCUT2D eigenvalue weighted by Gasteiger charge is 2.31. The van der Waals surface area contributed by atoms with Gasteiger partial charge in [-0.25, -0.2) is 9.67 Å². The Morgan fingerprint density at radius 3 is 2.50 bits per heavy atom. The molecule has 0 unspecified atom stereocenters. The lowest BCUT2D eigenvalue weighted by atomic mass is 10.2. The summed E-state index contributed by atoms with van der Waals surface area (Å²) < 4.78 is 6.61. The molecular formula is C16H18Cl2N4O2. The number of hydrogen-bond donors (Lipinski definition) is 1. The van der Waals surface area contributed by atoms with Crippen molar-refractivity contribution in [1.82, 2.24) is 14.8 Å². The van der Waals surface area contributed by atoms with E-state index in [0.717, 1.165) is 12.8 Å². The predicted octanol–water partition coefficient (Wildman–Crippen LogP) is 3.98. The van der Waals surface area contributed by atoms with E-state index in [1.165, 1.54) is 11.8 Å². The second kappa shape index (κ2) is 6.61. The van der Waals surface area contributed by atoms with Gasteiger partial charge in [0.05, 0.1) is 28.9 Å². The molecule has 1 fully saturated rings. The molecule has 1 aromatic heterocycles. The van der Waals surface area contributed by atoms with Crippen molar-refractivity contribution in [3.05, 3.63) is 38.4 Å². The summed E-state index contributed by atoms with van der Waals surface area (Å²) in [5.41, 5.74) is 0.128. The van der Waals surface area contributed by atoms with Crippen LogP contribution in [0.15, 0.2) is 16.9 Å². The van der Waals surface area contributed by atoms with E-state index in [1.807, 2.05) is 6.92 Å². The fourth-order valence-corrected chi connectivity index (χ4v) is 3.14. The standard InChI is InChI=1S/C16H18Cl2N4O2/c1-8(10-4-5-10)22-16(23)15(19-9(2)21-22)20-14-12(17)6-11(24-3)7-13(14)18/h6-8,10H,4-5H2,1-3H3,(H,19,20,21)/t8-/m1/s1. The molecule has 1 atom stereocenters. The highest BCUT2D eigenvalue weighted by molar-refractivity contribution is 6.39. The van der Waals surface area contributed by atoms with Crippen molar-refractivity contribution >= 4 is 34.7 Å². The molecule has 0 saturated heterocycles. The first kappa shape index (κ1) is 17.0. The molecule has 1 heterocycles. The number of aromatic nitrogens is 3. The molecular weight excluding hydrogens is 351 g/mol. The number of anilines is 2. The zero-order valence-electron chi connectivity index (χ0n) is 13.6. The first-order valence-electron chi connectivity index (χ1n) is 7.68. The molecule has 1 aromatic carbocycles.